The van der Waals surface area contributed by atoms with Gasteiger partial charge in [-0.2, -0.15) is 4.98 Å². The standard InChI is InChI=1S/C25H29Cl2N5O/c1-32(2)23-18-6-3-4-9-21(18)30-25(31-23)29-15-17-12-10-16(11-13-17)14-28-24(33)22-19(26)7-5-8-20(22)27/h3-9,16-17H,10-15H2,1-2H3,(H,28,33)(H,29,30,31). The van der Waals surface area contributed by atoms with Crippen molar-refractivity contribution in [3.63, 3.8) is 0 Å². The van der Waals surface area contributed by atoms with Crippen LogP contribution < -0.4 is 15.5 Å². The average molecular weight is 486 g/mol. The number of nitrogens with one attached hydrogen (secondary N) is 2. The maximum absolute atomic E-state index is 12.5. The summed E-state index contributed by atoms with van der Waals surface area (Å²) in [6.45, 7) is 1.49. The minimum atomic E-state index is -0.209. The van der Waals surface area contributed by atoms with Crippen LogP contribution in [0.25, 0.3) is 10.9 Å². The number of aromatic nitrogens is 2. The fourth-order valence-corrected chi connectivity index (χ4v) is 4.96. The minimum Gasteiger partial charge on any atom is -0.362 e. The molecule has 2 aromatic carbocycles. The Morgan fingerprint density at radius 1 is 0.939 bits per heavy atom. The van der Waals surface area contributed by atoms with E-state index in [9.17, 15) is 4.79 Å². The van der Waals surface area contributed by atoms with Crippen molar-refractivity contribution in [2.75, 3.05) is 37.4 Å². The molecule has 0 bridgehead atoms. The highest BCUT2D eigenvalue weighted by atomic mass is 35.5. The minimum absolute atomic E-state index is 0.209. The van der Waals surface area contributed by atoms with E-state index in [4.69, 9.17) is 33.2 Å². The highest BCUT2D eigenvalue weighted by Gasteiger charge is 2.23. The maximum Gasteiger partial charge on any atom is 0.254 e. The van der Waals surface area contributed by atoms with Crippen LogP contribution in [0.4, 0.5) is 11.8 Å². The zero-order valence-corrected chi connectivity index (χ0v) is 20.5. The number of para-hydroxylation sites is 1. The van der Waals surface area contributed by atoms with Crippen molar-refractivity contribution in [1.29, 1.82) is 0 Å². The van der Waals surface area contributed by atoms with Crippen LogP contribution in [0.15, 0.2) is 42.5 Å². The molecule has 0 saturated heterocycles. The second-order valence-electron chi connectivity index (χ2n) is 8.86. The van der Waals surface area contributed by atoms with E-state index in [-0.39, 0.29) is 5.91 Å². The summed E-state index contributed by atoms with van der Waals surface area (Å²) < 4.78 is 0. The van der Waals surface area contributed by atoms with Crippen LogP contribution in [0.5, 0.6) is 0 Å². The van der Waals surface area contributed by atoms with E-state index in [1.165, 1.54) is 0 Å². The third-order valence-electron chi connectivity index (χ3n) is 6.26. The van der Waals surface area contributed by atoms with E-state index in [2.05, 4.69) is 10.6 Å². The number of anilines is 2. The van der Waals surface area contributed by atoms with Crippen LogP contribution in [-0.2, 0) is 0 Å². The number of nitrogens with zero attached hydrogens (tertiary/aromatic N) is 3. The number of carbonyl (C=O) groups is 1. The van der Waals surface area contributed by atoms with Gasteiger partial charge in [0.1, 0.15) is 5.82 Å². The third kappa shape index (κ3) is 5.68. The first-order valence-electron chi connectivity index (χ1n) is 11.3. The van der Waals surface area contributed by atoms with E-state index in [1.807, 2.05) is 43.3 Å². The molecule has 0 aliphatic heterocycles. The summed E-state index contributed by atoms with van der Waals surface area (Å²) in [7, 11) is 4.00. The molecule has 4 rings (SSSR count). The molecule has 1 fully saturated rings. The molecule has 1 aromatic heterocycles. The molecular weight excluding hydrogens is 457 g/mol. The first-order chi connectivity index (χ1) is 15.9. The van der Waals surface area contributed by atoms with Gasteiger partial charge in [-0.25, -0.2) is 4.98 Å². The van der Waals surface area contributed by atoms with Crippen LogP contribution in [0.2, 0.25) is 10.0 Å². The van der Waals surface area contributed by atoms with Gasteiger partial charge < -0.3 is 15.5 Å². The van der Waals surface area contributed by atoms with E-state index in [0.29, 0.717) is 39.9 Å². The predicted octanol–water partition coefficient (Wildman–Crippen LogP) is 5.65. The van der Waals surface area contributed by atoms with Crippen molar-refractivity contribution < 1.29 is 4.79 Å². The number of hydrogen-bond donors (Lipinski definition) is 2. The molecule has 33 heavy (non-hydrogen) atoms. The molecule has 6 nitrogen and oxygen atoms in total. The van der Waals surface area contributed by atoms with Crippen LogP contribution in [0.1, 0.15) is 36.0 Å². The summed E-state index contributed by atoms with van der Waals surface area (Å²) >= 11 is 12.3. The van der Waals surface area contributed by atoms with Gasteiger partial charge in [0.15, 0.2) is 0 Å². The van der Waals surface area contributed by atoms with Gasteiger partial charge in [0.2, 0.25) is 5.95 Å². The Bertz CT molecular complexity index is 1110. The Kier molecular flexibility index (Phi) is 7.56. The van der Waals surface area contributed by atoms with Crippen LogP contribution in [-0.4, -0.2) is 43.1 Å². The topological polar surface area (TPSA) is 70.2 Å². The van der Waals surface area contributed by atoms with E-state index in [1.54, 1.807) is 18.2 Å². The second-order valence-corrected chi connectivity index (χ2v) is 9.67. The van der Waals surface area contributed by atoms with E-state index in [0.717, 1.165) is 48.9 Å². The first-order valence-corrected chi connectivity index (χ1v) is 12.1. The van der Waals surface area contributed by atoms with Crippen LogP contribution in [0.3, 0.4) is 0 Å². The zero-order chi connectivity index (χ0) is 23.4. The Labute approximate surface area is 204 Å². The lowest BCUT2D eigenvalue weighted by Crippen LogP contribution is -2.32. The molecule has 1 heterocycles. The summed E-state index contributed by atoms with van der Waals surface area (Å²) in [6, 6.07) is 13.2. The molecule has 0 atom stereocenters. The fraction of sp³-hybridized carbons (Fsp3) is 0.400. The van der Waals surface area contributed by atoms with Crippen molar-refractivity contribution in [2.24, 2.45) is 11.8 Å². The normalized spacial score (nSPS) is 18.2. The second kappa shape index (κ2) is 10.6. The lowest BCUT2D eigenvalue weighted by atomic mass is 9.82. The Hall–Kier alpha value is -2.57. The lowest BCUT2D eigenvalue weighted by molar-refractivity contribution is 0.0942. The molecule has 174 valence electrons. The molecule has 0 spiro atoms. The number of hydrogen-bond acceptors (Lipinski definition) is 5. The van der Waals surface area contributed by atoms with Gasteiger partial charge in [0, 0.05) is 32.6 Å². The van der Waals surface area contributed by atoms with Gasteiger partial charge in [-0.15, -0.1) is 0 Å². The quantitative estimate of drug-likeness (QED) is 0.452. The van der Waals surface area contributed by atoms with Gasteiger partial charge in [0.25, 0.3) is 5.91 Å². The number of carbonyl (C=O) groups excluding carboxylic acids is 1. The smallest absolute Gasteiger partial charge is 0.254 e. The fourth-order valence-electron chi connectivity index (χ4n) is 4.40. The molecule has 2 N–H and O–H groups in total. The molecule has 3 aromatic rings. The zero-order valence-electron chi connectivity index (χ0n) is 18.9. The summed E-state index contributed by atoms with van der Waals surface area (Å²) in [5.41, 5.74) is 1.29. The highest BCUT2D eigenvalue weighted by Crippen LogP contribution is 2.30. The van der Waals surface area contributed by atoms with Gasteiger partial charge in [-0.1, -0.05) is 41.4 Å². The van der Waals surface area contributed by atoms with Crippen molar-refractivity contribution in [3.8, 4) is 0 Å². The number of fused-ring (bicyclic) bond motifs is 1. The van der Waals surface area contributed by atoms with E-state index < -0.39 is 0 Å². The number of rotatable bonds is 7. The molecule has 1 aliphatic rings. The Balaban J connectivity index is 1.27. The maximum atomic E-state index is 12.5. The van der Waals surface area contributed by atoms with Crippen LogP contribution >= 0.6 is 23.2 Å². The van der Waals surface area contributed by atoms with Gasteiger partial charge >= 0.3 is 0 Å². The van der Waals surface area contributed by atoms with Crippen LogP contribution in [0, 0.1) is 11.8 Å². The van der Waals surface area contributed by atoms with Gasteiger partial charge in [-0.05, 0) is 61.8 Å². The van der Waals surface area contributed by atoms with E-state index >= 15 is 0 Å². The third-order valence-corrected chi connectivity index (χ3v) is 6.89. The summed E-state index contributed by atoms with van der Waals surface area (Å²) in [6.07, 6.45) is 4.36. The molecular formula is C25H29Cl2N5O. The van der Waals surface area contributed by atoms with Crippen molar-refractivity contribution >= 4 is 51.8 Å². The number of amides is 1. The molecule has 0 radical (unpaired) electrons. The largest absolute Gasteiger partial charge is 0.362 e. The SMILES string of the molecule is CN(C)c1nc(NCC2CCC(CNC(=O)c3c(Cl)cccc3Cl)CC2)nc2ccccc12. The summed E-state index contributed by atoms with van der Waals surface area (Å²) in [5.74, 6) is 2.40. The van der Waals surface area contributed by atoms with Crippen molar-refractivity contribution in [1.82, 2.24) is 15.3 Å². The lowest BCUT2D eigenvalue weighted by Gasteiger charge is -2.29. The van der Waals surface area contributed by atoms with Crippen molar-refractivity contribution in [3.05, 3.63) is 58.1 Å². The van der Waals surface area contributed by atoms with Gasteiger partial charge in [-0.3, -0.25) is 4.79 Å². The number of halogens is 2. The predicted molar refractivity (Wildman–Crippen MR) is 137 cm³/mol. The summed E-state index contributed by atoms with van der Waals surface area (Å²) in [5, 5.41) is 8.27. The summed E-state index contributed by atoms with van der Waals surface area (Å²) in [4.78, 5) is 23.9. The molecule has 8 heteroatoms. The first kappa shape index (κ1) is 23.6. The molecule has 0 unspecified atom stereocenters. The Morgan fingerprint density at radius 3 is 2.24 bits per heavy atom. The molecule has 1 saturated carbocycles. The monoisotopic (exact) mass is 485 g/mol. The molecule has 1 amide bonds. The molecule has 1 aliphatic carbocycles. The average Bonchev–Trinajstić information content (AvgIpc) is 2.81. The van der Waals surface area contributed by atoms with Crippen molar-refractivity contribution in [2.45, 2.75) is 25.7 Å². The Morgan fingerprint density at radius 2 is 1.58 bits per heavy atom. The van der Waals surface area contributed by atoms with Gasteiger partial charge in [0.05, 0.1) is 21.1 Å². The highest BCUT2D eigenvalue weighted by molar-refractivity contribution is 6.39. The number of benzene rings is 2.